The fraction of sp³-hybridized carbons (Fsp3) is 0.650. The second-order valence-electron chi connectivity index (χ2n) is 8.62. The maximum atomic E-state index is 12.5. The number of carbonyl (C=O) groups is 1. The highest BCUT2D eigenvalue weighted by molar-refractivity contribution is 5.69. The van der Waals surface area contributed by atoms with Crippen LogP contribution in [0, 0.1) is 0 Å². The molecule has 0 fully saturated rings. The Labute approximate surface area is 153 Å². The molecule has 0 heterocycles. The highest BCUT2D eigenvalue weighted by Crippen LogP contribution is 2.19. The Morgan fingerprint density at radius 2 is 1.68 bits per heavy atom. The van der Waals surface area contributed by atoms with Gasteiger partial charge < -0.3 is 19.9 Å². The monoisotopic (exact) mass is 349 g/mol. The zero-order valence-corrected chi connectivity index (χ0v) is 17.1. The van der Waals surface area contributed by atoms with Crippen molar-refractivity contribution in [3.8, 4) is 0 Å². The van der Waals surface area contributed by atoms with Crippen LogP contribution in [0.4, 0.5) is 10.5 Å². The molecule has 25 heavy (non-hydrogen) atoms. The lowest BCUT2D eigenvalue weighted by molar-refractivity contribution is 0.00749. The van der Waals surface area contributed by atoms with Crippen LogP contribution in [-0.2, 0) is 11.3 Å². The number of benzene rings is 1. The van der Waals surface area contributed by atoms with Crippen molar-refractivity contribution in [3.05, 3.63) is 29.8 Å². The van der Waals surface area contributed by atoms with Crippen LogP contribution in [0.1, 0.15) is 47.1 Å². The summed E-state index contributed by atoms with van der Waals surface area (Å²) in [5, 5.41) is 3.46. The molecule has 0 aliphatic carbocycles. The number of para-hydroxylation sites is 1. The zero-order chi connectivity index (χ0) is 19.3. The van der Waals surface area contributed by atoms with Crippen molar-refractivity contribution in [1.29, 1.82) is 0 Å². The quantitative estimate of drug-likeness (QED) is 0.836. The molecular formula is C20H35N3O2. The molecule has 1 amide bonds. The van der Waals surface area contributed by atoms with Crippen LogP contribution < -0.4 is 5.32 Å². The molecule has 5 nitrogen and oxygen atoms in total. The normalized spacial score (nSPS) is 12.2. The van der Waals surface area contributed by atoms with E-state index in [1.807, 2.05) is 53.7 Å². The van der Waals surface area contributed by atoms with E-state index in [0.29, 0.717) is 13.1 Å². The summed E-state index contributed by atoms with van der Waals surface area (Å²) in [5.74, 6) is 0. The minimum atomic E-state index is -0.494. The van der Waals surface area contributed by atoms with Crippen LogP contribution in [0.25, 0.3) is 0 Å². The first-order chi connectivity index (χ1) is 11.4. The summed E-state index contributed by atoms with van der Waals surface area (Å²) in [6.45, 7) is 13.9. The molecular weight excluding hydrogens is 314 g/mol. The molecule has 0 spiro atoms. The van der Waals surface area contributed by atoms with Gasteiger partial charge in [0.05, 0.1) is 0 Å². The predicted molar refractivity (Wildman–Crippen MR) is 105 cm³/mol. The smallest absolute Gasteiger partial charge is 0.410 e. The molecule has 1 rings (SSSR count). The highest BCUT2D eigenvalue weighted by atomic mass is 16.6. The molecule has 142 valence electrons. The molecule has 0 aliphatic rings. The fourth-order valence-electron chi connectivity index (χ4n) is 2.49. The summed E-state index contributed by atoms with van der Waals surface area (Å²) in [6.07, 6.45) is -0.275. The molecule has 5 heteroatoms. The van der Waals surface area contributed by atoms with Crippen LogP contribution in [-0.4, -0.2) is 54.2 Å². The largest absolute Gasteiger partial charge is 0.444 e. The van der Waals surface area contributed by atoms with Gasteiger partial charge in [-0.05, 0) is 67.3 Å². The second-order valence-corrected chi connectivity index (χ2v) is 8.62. The number of carbonyl (C=O) groups excluding carboxylic acids is 1. The Bertz CT molecular complexity index is 557. The van der Waals surface area contributed by atoms with E-state index in [-0.39, 0.29) is 11.6 Å². The fourth-order valence-corrected chi connectivity index (χ4v) is 2.49. The lowest BCUT2D eigenvalue weighted by Gasteiger charge is -2.37. The summed E-state index contributed by atoms with van der Waals surface area (Å²) in [4.78, 5) is 16.4. The van der Waals surface area contributed by atoms with E-state index in [2.05, 4.69) is 36.4 Å². The summed E-state index contributed by atoms with van der Waals surface area (Å²) < 4.78 is 5.56. The van der Waals surface area contributed by atoms with Crippen molar-refractivity contribution in [3.63, 3.8) is 0 Å². The maximum Gasteiger partial charge on any atom is 0.410 e. The lowest BCUT2D eigenvalue weighted by atomic mass is 10.1. The number of nitrogens with one attached hydrogen (secondary N) is 1. The summed E-state index contributed by atoms with van der Waals surface area (Å²) in [5.41, 5.74) is 1.56. The molecule has 0 radical (unpaired) electrons. The highest BCUT2D eigenvalue weighted by Gasteiger charge is 2.30. The van der Waals surface area contributed by atoms with E-state index in [1.54, 1.807) is 4.90 Å². The number of nitrogens with zero attached hydrogens (tertiary/aromatic N) is 2. The van der Waals surface area contributed by atoms with Gasteiger partial charge in [0.15, 0.2) is 0 Å². The van der Waals surface area contributed by atoms with Crippen molar-refractivity contribution < 1.29 is 9.53 Å². The number of anilines is 1. The Morgan fingerprint density at radius 1 is 1.08 bits per heavy atom. The topological polar surface area (TPSA) is 44.8 Å². The molecule has 0 saturated heterocycles. The van der Waals surface area contributed by atoms with Gasteiger partial charge in [-0.3, -0.25) is 0 Å². The van der Waals surface area contributed by atoms with Crippen molar-refractivity contribution in [2.45, 2.75) is 59.2 Å². The molecule has 0 bridgehead atoms. The van der Waals surface area contributed by atoms with Gasteiger partial charge in [0.1, 0.15) is 5.60 Å². The summed E-state index contributed by atoms with van der Waals surface area (Å²) >= 11 is 0. The second kappa shape index (κ2) is 8.56. The first-order valence-corrected chi connectivity index (χ1v) is 8.87. The number of amides is 1. The van der Waals surface area contributed by atoms with Crippen LogP contribution in [0.5, 0.6) is 0 Å². The molecule has 1 aromatic rings. The van der Waals surface area contributed by atoms with Crippen molar-refractivity contribution in [1.82, 2.24) is 9.80 Å². The van der Waals surface area contributed by atoms with E-state index in [1.165, 1.54) is 5.56 Å². The summed E-state index contributed by atoms with van der Waals surface area (Å²) in [7, 11) is 4.11. The van der Waals surface area contributed by atoms with Gasteiger partial charge in [0, 0.05) is 30.9 Å². The number of hydrogen-bond acceptors (Lipinski definition) is 4. The molecule has 0 saturated carbocycles. The van der Waals surface area contributed by atoms with Gasteiger partial charge in [0.2, 0.25) is 0 Å². The van der Waals surface area contributed by atoms with Gasteiger partial charge in [-0.2, -0.15) is 0 Å². The van der Waals surface area contributed by atoms with Gasteiger partial charge in [-0.25, -0.2) is 4.79 Å². The third kappa shape index (κ3) is 7.78. The first-order valence-electron chi connectivity index (χ1n) is 8.87. The number of ether oxygens (including phenoxy) is 1. The number of hydrogen-bond donors (Lipinski definition) is 1. The SMILES string of the molecule is CN(C)Cc1ccccc1NCCN(C(=O)OC(C)(C)C)C(C)(C)C. The van der Waals surface area contributed by atoms with E-state index in [4.69, 9.17) is 4.74 Å². The Kier molecular flexibility index (Phi) is 7.29. The van der Waals surface area contributed by atoms with Gasteiger partial charge in [-0.15, -0.1) is 0 Å². The van der Waals surface area contributed by atoms with Crippen molar-refractivity contribution >= 4 is 11.8 Å². The third-order valence-electron chi connectivity index (χ3n) is 3.58. The van der Waals surface area contributed by atoms with Gasteiger partial charge in [0.25, 0.3) is 0 Å². The molecule has 0 aromatic heterocycles. The van der Waals surface area contributed by atoms with Crippen molar-refractivity contribution in [2.75, 3.05) is 32.5 Å². The third-order valence-corrected chi connectivity index (χ3v) is 3.58. The molecule has 1 aromatic carbocycles. The van der Waals surface area contributed by atoms with Crippen LogP contribution >= 0.6 is 0 Å². The molecule has 0 atom stereocenters. The number of rotatable bonds is 6. The first kappa shape index (κ1) is 21.3. The molecule has 1 N–H and O–H groups in total. The Morgan fingerprint density at radius 3 is 2.20 bits per heavy atom. The Balaban J connectivity index is 2.74. The Hall–Kier alpha value is -1.75. The minimum Gasteiger partial charge on any atom is -0.444 e. The van der Waals surface area contributed by atoms with E-state index in [0.717, 1.165) is 12.2 Å². The summed E-state index contributed by atoms with van der Waals surface area (Å²) in [6, 6.07) is 8.27. The van der Waals surface area contributed by atoms with Crippen LogP contribution in [0.3, 0.4) is 0 Å². The maximum absolute atomic E-state index is 12.5. The average Bonchev–Trinajstić information content (AvgIpc) is 2.41. The molecule has 0 aliphatic heterocycles. The van der Waals surface area contributed by atoms with E-state index >= 15 is 0 Å². The van der Waals surface area contributed by atoms with Gasteiger partial charge >= 0.3 is 6.09 Å². The standard InChI is InChI=1S/C20H35N3O2/c1-19(2,3)23(18(24)25-20(4,5)6)14-13-21-17-12-10-9-11-16(17)15-22(7)8/h9-12,21H,13-15H2,1-8H3. The van der Waals surface area contributed by atoms with Crippen LogP contribution in [0.2, 0.25) is 0 Å². The average molecular weight is 350 g/mol. The van der Waals surface area contributed by atoms with E-state index < -0.39 is 5.60 Å². The van der Waals surface area contributed by atoms with E-state index in [9.17, 15) is 4.79 Å². The predicted octanol–water partition coefficient (Wildman–Crippen LogP) is 4.20. The minimum absolute atomic E-state index is 0.275. The lowest BCUT2D eigenvalue weighted by Crippen LogP contribution is -2.49. The van der Waals surface area contributed by atoms with Crippen molar-refractivity contribution in [2.24, 2.45) is 0 Å². The van der Waals surface area contributed by atoms with Gasteiger partial charge in [-0.1, -0.05) is 18.2 Å². The molecule has 0 unspecified atom stereocenters. The zero-order valence-electron chi connectivity index (χ0n) is 17.1. The van der Waals surface area contributed by atoms with Crippen LogP contribution in [0.15, 0.2) is 24.3 Å².